The van der Waals surface area contributed by atoms with E-state index in [2.05, 4.69) is 33.0 Å². The minimum absolute atomic E-state index is 0.0921. The van der Waals surface area contributed by atoms with Crippen molar-refractivity contribution < 1.29 is 9.53 Å². The summed E-state index contributed by atoms with van der Waals surface area (Å²) in [4.78, 5) is 11.7. The number of hydrogen-bond donors (Lipinski definition) is 1. The van der Waals surface area contributed by atoms with E-state index < -0.39 is 0 Å². The highest BCUT2D eigenvalue weighted by molar-refractivity contribution is 5.89. The van der Waals surface area contributed by atoms with Crippen molar-refractivity contribution in [1.82, 2.24) is 0 Å². The molecule has 0 aromatic heterocycles. The van der Waals surface area contributed by atoms with Gasteiger partial charge in [-0.25, -0.2) is 4.79 Å². The lowest BCUT2D eigenvalue weighted by Crippen LogP contribution is -2.34. The van der Waals surface area contributed by atoms with Gasteiger partial charge in [0, 0.05) is 11.2 Å². The van der Waals surface area contributed by atoms with E-state index >= 15 is 0 Å². The highest BCUT2D eigenvalue weighted by Crippen LogP contribution is 2.26. The molecule has 3 nitrogen and oxygen atoms in total. The molecule has 1 rings (SSSR count). The summed E-state index contributed by atoms with van der Waals surface area (Å²) in [6.45, 7) is 11.3. The van der Waals surface area contributed by atoms with Gasteiger partial charge in [-0.05, 0) is 63.3 Å². The Morgan fingerprint density at radius 2 is 1.86 bits per heavy atom. The molecule has 0 amide bonds. The van der Waals surface area contributed by atoms with Crippen molar-refractivity contribution in [1.29, 1.82) is 0 Å². The molecule has 0 aliphatic carbocycles. The normalized spacial score (nSPS) is 15.0. The largest absolute Gasteiger partial charge is 0.462 e. The van der Waals surface area contributed by atoms with Gasteiger partial charge in [-0.1, -0.05) is 27.2 Å². The fourth-order valence-corrected chi connectivity index (χ4v) is 2.35. The Morgan fingerprint density at radius 3 is 2.36 bits per heavy atom. The Labute approximate surface area is 135 Å². The summed E-state index contributed by atoms with van der Waals surface area (Å²) in [6, 6.07) is 7.57. The van der Waals surface area contributed by atoms with Gasteiger partial charge in [0.25, 0.3) is 0 Å². The lowest BCUT2D eigenvalue weighted by atomic mass is 9.88. The Bertz CT molecular complexity index is 455. The third-order valence-corrected chi connectivity index (χ3v) is 4.51. The third kappa shape index (κ3) is 5.70. The molecule has 0 fully saturated rings. The van der Waals surface area contributed by atoms with Crippen molar-refractivity contribution in [2.45, 2.75) is 65.8 Å². The quantitative estimate of drug-likeness (QED) is 0.632. The SMILES string of the molecule is CCOC(=O)c1ccc(NC(C)(CC)CCC(C)CC)cc1. The van der Waals surface area contributed by atoms with Crippen LogP contribution < -0.4 is 5.32 Å². The van der Waals surface area contributed by atoms with Crippen LogP contribution in [0.3, 0.4) is 0 Å². The van der Waals surface area contributed by atoms with Crippen molar-refractivity contribution in [3.8, 4) is 0 Å². The molecule has 2 unspecified atom stereocenters. The highest BCUT2D eigenvalue weighted by Gasteiger charge is 2.22. The standard InChI is InChI=1S/C19H31NO2/c1-6-15(4)13-14-19(5,7-2)20-17-11-9-16(10-12-17)18(21)22-8-3/h9-12,15,20H,6-8,13-14H2,1-5H3. The second-order valence-electron chi connectivity index (χ2n) is 6.39. The average molecular weight is 305 g/mol. The van der Waals surface area contributed by atoms with E-state index in [4.69, 9.17) is 4.74 Å². The lowest BCUT2D eigenvalue weighted by Gasteiger charge is -2.32. The zero-order valence-corrected chi connectivity index (χ0v) is 14.7. The fourth-order valence-electron chi connectivity index (χ4n) is 2.35. The van der Waals surface area contributed by atoms with Gasteiger partial charge in [0.05, 0.1) is 12.2 Å². The van der Waals surface area contributed by atoms with Crippen molar-refractivity contribution in [3.05, 3.63) is 29.8 Å². The molecule has 0 spiro atoms. The summed E-state index contributed by atoms with van der Waals surface area (Å²) in [5.74, 6) is 0.503. The number of rotatable bonds is 9. The molecular weight excluding hydrogens is 274 g/mol. The minimum atomic E-state index is -0.260. The molecule has 0 saturated carbocycles. The van der Waals surface area contributed by atoms with Crippen LogP contribution in [0.2, 0.25) is 0 Å². The molecule has 0 aliphatic rings. The molecule has 22 heavy (non-hydrogen) atoms. The summed E-state index contributed by atoms with van der Waals surface area (Å²) in [5, 5.41) is 3.63. The number of ether oxygens (including phenoxy) is 1. The van der Waals surface area contributed by atoms with Gasteiger partial charge in [-0.2, -0.15) is 0 Å². The topological polar surface area (TPSA) is 38.3 Å². The van der Waals surface area contributed by atoms with E-state index in [9.17, 15) is 4.79 Å². The van der Waals surface area contributed by atoms with Crippen molar-refractivity contribution in [3.63, 3.8) is 0 Å². The van der Waals surface area contributed by atoms with Crippen LogP contribution in [-0.2, 0) is 4.74 Å². The molecule has 124 valence electrons. The number of anilines is 1. The van der Waals surface area contributed by atoms with Crippen molar-refractivity contribution >= 4 is 11.7 Å². The van der Waals surface area contributed by atoms with Crippen LogP contribution in [0.25, 0.3) is 0 Å². The second kappa shape index (κ2) is 8.82. The molecule has 0 bridgehead atoms. The van der Waals surface area contributed by atoms with Gasteiger partial charge >= 0.3 is 5.97 Å². The number of esters is 1. The molecule has 2 atom stereocenters. The van der Waals surface area contributed by atoms with Gasteiger partial charge in [0.15, 0.2) is 0 Å². The Kier molecular flexibility index (Phi) is 7.43. The van der Waals surface area contributed by atoms with E-state index in [0.717, 1.165) is 24.4 Å². The number of hydrogen-bond acceptors (Lipinski definition) is 3. The first-order valence-electron chi connectivity index (χ1n) is 8.49. The predicted octanol–water partition coefficient (Wildman–Crippen LogP) is 5.27. The average Bonchev–Trinajstić information content (AvgIpc) is 2.53. The van der Waals surface area contributed by atoms with Gasteiger partial charge in [-0.3, -0.25) is 0 Å². The van der Waals surface area contributed by atoms with E-state index in [0.29, 0.717) is 12.2 Å². The summed E-state index contributed by atoms with van der Waals surface area (Å²) in [6.07, 6.45) is 4.68. The minimum Gasteiger partial charge on any atom is -0.462 e. The maximum atomic E-state index is 11.7. The summed E-state index contributed by atoms with van der Waals surface area (Å²) >= 11 is 0. The third-order valence-electron chi connectivity index (χ3n) is 4.51. The first-order chi connectivity index (χ1) is 10.4. The molecule has 0 aliphatic heterocycles. The fraction of sp³-hybridized carbons (Fsp3) is 0.632. The van der Waals surface area contributed by atoms with E-state index in [-0.39, 0.29) is 11.5 Å². The summed E-state index contributed by atoms with van der Waals surface area (Å²) in [7, 11) is 0. The first kappa shape index (κ1) is 18.5. The number of benzene rings is 1. The molecule has 0 saturated heterocycles. The molecular formula is C19H31NO2. The highest BCUT2D eigenvalue weighted by atomic mass is 16.5. The van der Waals surface area contributed by atoms with Gasteiger partial charge in [-0.15, -0.1) is 0 Å². The van der Waals surface area contributed by atoms with Crippen LogP contribution in [0, 0.1) is 5.92 Å². The Morgan fingerprint density at radius 1 is 1.23 bits per heavy atom. The van der Waals surface area contributed by atoms with E-state index in [1.807, 2.05) is 31.2 Å². The van der Waals surface area contributed by atoms with Crippen LogP contribution in [0.1, 0.15) is 70.7 Å². The molecule has 0 radical (unpaired) electrons. The zero-order valence-electron chi connectivity index (χ0n) is 14.7. The maximum Gasteiger partial charge on any atom is 0.338 e. The summed E-state index contributed by atoms with van der Waals surface area (Å²) in [5.41, 5.74) is 1.75. The molecule has 1 aromatic rings. The van der Waals surface area contributed by atoms with Crippen LogP contribution in [0.5, 0.6) is 0 Å². The van der Waals surface area contributed by atoms with E-state index in [1.54, 1.807) is 0 Å². The molecule has 0 heterocycles. The summed E-state index contributed by atoms with van der Waals surface area (Å²) < 4.78 is 5.01. The van der Waals surface area contributed by atoms with E-state index in [1.165, 1.54) is 12.8 Å². The molecule has 1 N–H and O–H groups in total. The van der Waals surface area contributed by atoms with Crippen LogP contribution in [0.15, 0.2) is 24.3 Å². The molecule has 1 aromatic carbocycles. The number of nitrogens with one attached hydrogen (secondary N) is 1. The second-order valence-corrected chi connectivity index (χ2v) is 6.39. The van der Waals surface area contributed by atoms with Crippen molar-refractivity contribution in [2.24, 2.45) is 5.92 Å². The Balaban J connectivity index is 2.68. The molecule has 3 heteroatoms. The maximum absolute atomic E-state index is 11.7. The number of carbonyl (C=O) groups excluding carboxylic acids is 1. The van der Waals surface area contributed by atoms with Gasteiger partial charge in [0.1, 0.15) is 0 Å². The van der Waals surface area contributed by atoms with Crippen LogP contribution in [0.4, 0.5) is 5.69 Å². The first-order valence-corrected chi connectivity index (χ1v) is 8.49. The lowest BCUT2D eigenvalue weighted by molar-refractivity contribution is 0.0526. The zero-order chi connectivity index (χ0) is 16.6. The van der Waals surface area contributed by atoms with Crippen molar-refractivity contribution in [2.75, 3.05) is 11.9 Å². The number of carbonyl (C=O) groups is 1. The van der Waals surface area contributed by atoms with Crippen LogP contribution in [-0.4, -0.2) is 18.1 Å². The van der Waals surface area contributed by atoms with Crippen LogP contribution >= 0.6 is 0 Å². The monoisotopic (exact) mass is 305 g/mol. The Hall–Kier alpha value is -1.51. The predicted molar refractivity (Wildman–Crippen MR) is 93.4 cm³/mol. The van der Waals surface area contributed by atoms with Gasteiger partial charge < -0.3 is 10.1 Å². The smallest absolute Gasteiger partial charge is 0.338 e. The van der Waals surface area contributed by atoms with Gasteiger partial charge in [0.2, 0.25) is 0 Å².